The molecule has 1 aliphatic carbocycles. The van der Waals surface area contributed by atoms with Crippen molar-refractivity contribution in [3.8, 4) is 0 Å². The van der Waals surface area contributed by atoms with E-state index in [9.17, 15) is 9.59 Å². The number of hydrogen-bond donors (Lipinski definition) is 2. The molecule has 1 fully saturated rings. The number of hydrogen-bond acceptors (Lipinski definition) is 3. The van der Waals surface area contributed by atoms with E-state index < -0.39 is 0 Å². The largest absolute Gasteiger partial charge is 0.395 e. The Morgan fingerprint density at radius 2 is 2.11 bits per heavy atom. The van der Waals surface area contributed by atoms with Gasteiger partial charge < -0.3 is 10.4 Å². The minimum Gasteiger partial charge on any atom is -0.395 e. The van der Waals surface area contributed by atoms with Crippen LogP contribution in [0.4, 0.5) is 0 Å². The van der Waals surface area contributed by atoms with Crippen LogP contribution in [0.15, 0.2) is 0 Å². The van der Waals surface area contributed by atoms with Crippen molar-refractivity contribution in [3.63, 3.8) is 0 Å². The number of rotatable bonds is 4. The van der Waals surface area contributed by atoms with Crippen LogP contribution in [-0.4, -0.2) is 29.9 Å². The maximum Gasteiger partial charge on any atom is 0.220 e. The molecular formula is C14H25NO3. The van der Waals surface area contributed by atoms with E-state index >= 15 is 0 Å². The van der Waals surface area contributed by atoms with Crippen molar-refractivity contribution in [2.45, 2.75) is 46.5 Å². The zero-order valence-corrected chi connectivity index (χ0v) is 11.7. The molecule has 2 atom stereocenters. The lowest BCUT2D eigenvalue weighted by Gasteiger charge is -2.36. The fourth-order valence-corrected chi connectivity index (χ4v) is 2.59. The van der Waals surface area contributed by atoms with E-state index in [1.165, 1.54) is 0 Å². The van der Waals surface area contributed by atoms with E-state index in [0.29, 0.717) is 12.3 Å². The summed E-state index contributed by atoms with van der Waals surface area (Å²) >= 11 is 0. The second-order valence-electron chi connectivity index (χ2n) is 6.28. The summed E-state index contributed by atoms with van der Waals surface area (Å²) in [6, 6.07) is 0. The Kier molecular flexibility index (Phi) is 5.32. The minimum atomic E-state index is -0.137. The van der Waals surface area contributed by atoms with E-state index in [-0.39, 0.29) is 42.6 Å². The van der Waals surface area contributed by atoms with E-state index in [2.05, 4.69) is 26.1 Å². The summed E-state index contributed by atoms with van der Waals surface area (Å²) in [6.45, 7) is 6.78. The van der Waals surface area contributed by atoms with Crippen LogP contribution in [-0.2, 0) is 9.59 Å². The van der Waals surface area contributed by atoms with Crippen molar-refractivity contribution in [1.29, 1.82) is 0 Å². The Morgan fingerprint density at radius 3 is 2.67 bits per heavy atom. The van der Waals surface area contributed by atoms with Gasteiger partial charge in [0, 0.05) is 25.3 Å². The van der Waals surface area contributed by atoms with Crippen molar-refractivity contribution in [1.82, 2.24) is 5.32 Å². The Morgan fingerprint density at radius 1 is 1.44 bits per heavy atom. The predicted molar refractivity (Wildman–Crippen MR) is 70.0 cm³/mol. The minimum absolute atomic E-state index is 0.0605. The van der Waals surface area contributed by atoms with Crippen molar-refractivity contribution in [3.05, 3.63) is 0 Å². The number of aliphatic hydroxyl groups excluding tert-OH is 1. The SMILES string of the molecule is CC(C)(C)C1CCC(=O)C(CC(=O)NCCO)C1. The first kappa shape index (κ1) is 15.2. The third kappa shape index (κ3) is 4.41. The fraction of sp³-hybridized carbons (Fsp3) is 0.857. The maximum absolute atomic E-state index is 11.8. The Bertz CT molecular complexity index is 307. The molecule has 1 rings (SSSR count). The first-order chi connectivity index (χ1) is 8.34. The third-order valence-electron chi connectivity index (χ3n) is 3.85. The first-order valence-electron chi connectivity index (χ1n) is 6.75. The molecule has 0 saturated heterocycles. The van der Waals surface area contributed by atoms with Crippen molar-refractivity contribution >= 4 is 11.7 Å². The second kappa shape index (κ2) is 6.32. The van der Waals surface area contributed by atoms with Gasteiger partial charge >= 0.3 is 0 Å². The lowest BCUT2D eigenvalue weighted by Crippen LogP contribution is -2.36. The highest BCUT2D eigenvalue weighted by atomic mass is 16.3. The van der Waals surface area contributed by atoms with Gasteiger partial charge in [-0.2, -0.15) is 0 Å². The normalized spacial score (nSPS) is 25.0. The molecule has 18 heavy (non-hydrogen) atoms. The number of ketones is 1. The van der Waals surface area contributed by atoms with Gasteiger partial charge in [0.1, 0.15) is 5.78 Å². The molecule has 1 aliphatic rings. The van der Waals surface area contributed by atoms with Gasteiger partial charge in [-0.25, -0.2) is 0 Å². The van der Waals surface area contributed by atoms with Gasteiger partial charge in [0.25, 0.3) is 0 Å². The highest BCUT2D eigenvalue weighted by Crippen LogP contribution is 2.39. The maximum atomic E-state index is 11.8. The molecule has 1 amide bonds. The van der Waals surface area contributed by atoms with Crippen LogP contribution < -0.4 is 5.32 Å². The number of carbonyl (C=O) groups is 2. The topological polar surface area (TPSA) is 66.4 Å². The highest BCUT2D eigenvalue weighted by molar-refractivity contribution is 5.87. The molecule has 0 aromatic rings. The fourth-order valence-electron chi connectivity index (χ4n) is 2.59. The lowest BCUT2D eigenvalue weighted by atomic mass is 9.68. The summed E-state index contributed by atoms with van der Waals surface area (Å²) in [4.78, 5) is 23.4. The highest BCUT2D eigenvalue weighted by Gasteiger charge is 2.35. The quantitative estimate of drug-likeness (QED) is 0.800. The van der Waals surface area contributed by atoms with Crippen molar-refractivity contribution in [2.24, 2.45) is 17.3 Å². The van der Waals surface area contributed by atoms with Crippen LogP contribution in [0.2, 0.25) is 0 Å². The summed E-state index contributed by atoms with van der Waals surface area (Å²) in [5.41, 5.74) is 0.195. The van der Waals surface area contributed by atoms with Gasteiger partial charge in [0.15, 0.2) is 0 Å². The number of nitrogens with one attached hydrogen (secondary N) is 1. The lowest BCUT2D eigenvalue weighted by molar-refractivity contribution is -0.132. The van der Waals surface area contributed by atoms with Crippen LogP contribution in [0.3, 0.4) is 0 Å². The third-order valence-corrected chi connectivity index (χ3v) is 3.85. The van der Waals surface area contributed by atoms with Crippen molar-refractivity contribution in [2.75, 3.05) is 13.2 Å². The van der Waals surface area contributed by atoms with E-state index in [1.54, 1.807) is 0 Å². The Balaban J connectivity index is 2.52. The summed E-state index contributed by atoms with van der Waals surface area (Å²) in [5, 5.41) is 11.3. The monoisotopic (exact) mass is 255 g/mol. The molecule has 1 saturated carbocycles. The molecule has 0 spiro atoms. The summed E-state index contributed by atoms with van der Waals surface area (Å²) < 4.78 is 0. The molecule has 0 heterocycles. The summed E-state index contributed by atoms with van der Waals surface area (Å²) in [5.74, 6) is 0.458. The smallest absolute Gasteiger partial charge is 0.220 e. The molecule has 4 nitrogen and oxygen atoms in total. The second-order valence-corrected chi connectivity index (χ2v) is 6.28. The van der Waals surface area contributed by atoms with Crippen LogP contribution in [0.5, 0.6) is 0 Å². The molecule has 104 valence electrons. The first-order valence-corrected chi connectivity index (χ1v) is 6.75. The summed E-state index contributed by atoms with van der Waals surface area (Å²) in [6.07, 6.45) is 2.62. The Hall–Kier alpha value is -0.900. The molecule has 4 heteroatoms. The molecule has 2 N–H and O–H groups in total. The van der Waals surface area contributed by atoms with Gasteiger partial charge in [-0.1, -0.05) is 20.8 Å². The van der Waals surface area contributed by atoms with Crippen LogP contribution in [0.1, 0.15) is 46.5 Å². The van der Waals surface area contributed by atoms with E-state index in [0.717, 1.165) is 12.8 Å². The molecule has 0 aromatic carbocycles. The van der Waals surface area contributed by atoms with Gasteiger partial charge in [0.05, 0.1) is 6.61 Å². The zero-order chi connectivity index (χ0) is 13.8. The van der Waals surface area contributed by atoms with E-state index in [1.807, 2.05) is 0 Å². The molecule has 0 bridgehead atoms. The van der Waals surface area contributed by atoms with Crippen LogP contribution in [0.25, 0.3) is 0 Å². The number of aliphatic hydroxyl groups is 1. The summed E-state index contributed by atoms with van der Waals surface area (Å²) in [7, 11) is 0. The van der Waals surface area contributed by atoms with Crippen molar-refractivity contribution < 1.29 is 14.7 Å². The number of amides is 1. The number of carbonyl (C=O) groups excluding carboxylic acids is 2. The molecular weight excluding hydrogens is 230 g/mol. The average molecular weight is 255 g/mol. The van der Waals surface area contributed by atoms with Gasteiger partial charge in [-0.05, 0) is 24.2 Å². The van der Waals surface area contributed by atoms with Gasteiger partial charge in [0.2, 0.25) is 5.91 Å². The van der Waals surface area contributed by atoms with Crippen LogP contribution >= 0.6 is 0 Å². The van der Waals surface area contributed by atoms with Gasteiger partial charge in [-0.3, -0.25) is 9.59 Å². The molecule has 0 aliphatic heterocycles. The van der Waals surface area contributed by atoms with Gasteiger partial charge in [-0.15, -0.1) is 0 Å². The predicted octanol–water partition coefficient (Wildman–Crippen LogP) is 1.52. The Labute approximate surface area is 109 Å². The number of Topliss-reactive ketones (excluding diaryl/α,β-unsaturated/α-hetero) is 1. The average Bonchev–Trinajstić information content (AvgIpc) is 2.28. The van der Waals surface area contributed by atoms with Crippen LogP contribution in [0, 0.1) is 17.3 Å². The molecule has 0 aromatic heterocycles. The van der Waals surface area contributed by atoms with E-state index in [4.69, 9.17) is 5.11 Å². The molecule has 0 radical (unpaired) electrons. The standard InChI is InChI=1S/C14H25NO3/c1-14(2,3)11-4-5-12(17)10(8-11)9-13(18)15-6-7-16/h10-11,16H,4-9H2,1-3H3,(H,15,18). The zero-order valence-electron chi connectivity index (χ0n) is 11.7. The molecule has 2 unspecified atom stereocenters.